The number of nitrogen functional groups attached to an aromatic ring is 1. The lowest BCUT2D eigenvalue weighted by Gasteiger charge is -2.21. The lowest BCUT2D eigenvalue weighted by molar-refractivity contribution is 0.768. The molecular formula is C13H20N2S. The number of nitrogens with one attached hydrogen (secondary N) is 1. The zero-order valence-electron chi connectivity index (χ0n) is 9.99. The highest BCUT2D eigenvalue weighted by Gasteiger charge is 2.26. The van der Waals surface area contributed by atoms with Crippen molar-refractivity contribution < 1.29 is 0 Å². The highest BCUT2D eigenvalue weighted by Crippen LogP contribution is 2.31. The molecule has 88 valence electrons. The lowest BCUT2D eigenvalue weighted by atomic mass is 10.1. The Hall–Kier alpha value is -0.830. The van der Waals surface area contributed by atoms with E-state index >= 15 is 0 Å². The second kappa shape index (κ2) is 5.00. The molecule has 0 aliphatic heterocycles. The van der Waals surface area contributed by atoms with Crippen molar-refractivity contribution in [3.8, 4) is 0 Å². The molecule has 1 aliphatic rings. The first-order chi connectivity index (χ1) is 7.70. The van der Waals surface area contributed by atoms with E-state index in [-0.39, 0.29) is 0 Å². The van der Waals surface area contributed by atoms with Gasteiger partial charge in [0.15, 0.2) is 0 Å². The fraction of sp³-hybridized carbons (Fsp3) is 0.538. The minimum Gasteiger partial charge on any atom is -0.399 e. The molecule has 1 aromatic rings. The highest BCUT2D eigenvalue weighted by atomic mass is 32.2. The van der Waals surface area contributed by atoms with Crippen molar-refractivity contribution in [3.05, 3.63) is 23.8 Å². The van der Waals surface area contributed by atoms with Gasteiger partial charge in [0.05, 0.1) is 0 Å². The summed E-state index contributed by atoms with van der Waals surface area (Å²) in [6.45, 7) is 2.11. The summed E-state index contributed by atoms with van der Waals surface area (Å²) in [5.41, 5.74) is 9.08. The average molecular weight is 236 g/mol. The summed E-state index contributed by atoms with van der Waals surface area (Å²) in [5.74, 6) is 0. The number of anilines is 2. The first-order valence-electron chi connectivity index (χ1n) is 5.86. The summed E-state index contributed by atoms with van der Waals surface area (Å²) in [6.07, 6.45) is 6.18. The maximum atomic E-state index is 5.76. The first kappa shape index (κ1) is 11.6. The largest absolute Gasteiger partial charge is 0.399 e. The van der Waals surface area contributed by atoms with Gasteiger partial charge < -0.3 is 11.1 Å². The molecule has 3 N–H and O–H groups in total. The molecule has 0 bridgehead atoms. The van der Waals surface area contributed by atoms with Crippen LogP contribution in [0.5, 0.6) is 0 Å². The molecule has 0 saturated heterocycles. The Kier molecular flexibility index (Phi) is 3.64. The lowest BCUT2D eigenvalue weighted by Crippen LogP contribution is -2.26. The molecule has 16 heavy (non-hydrogen) atoms. The van der Waals surface area contributed by atoms with Crippen LogP contribution >= 0.6 is 11.8 Å². The van der Waals surface area contributed by atoms with Crippen molar-refractivity contribution in [2.24, 2.45) is 0 Å². The first-order valence-corrected chi connectivity index (χ1v) is 7.15. The summed E-state index contributed by atoms with van der Waals surface area (Å²) < 4.78 is 0. The highest BCUT2D eigenvalue weighted by molar-refractivity contribution is 7.99. The Morgan fingerprint density at radius 2 is 2.19 bits per heavy atom. The predicted molar refractivity (Wildman–Crippen MR) is 74.2 cm³/mol. The van der Waals surface area contributed by atoms with Crippen LogP contribution in [0.3, 0.4) is 0 Å². The van der Waals surface area contributed by atoms with Crippen LogP contribution in [0.15, 0.2) is 18.2 Å². The van der Waals surface area contributed by atoms with Crippen molar-refractivity contribution in [3.63, 3.8) is 0 Å². The van der Waals surface area contributed by atoms with E-state index in [1.807, 2.05) is 23.9 Å². The molecule has 1 saturated carbocycles. The normalized spacial score (nSPS) is 24.6. The van der Waals surface area contributed by atoms with E-state index in [2.05, 4.69) is 24.6 Å². The summed E-state index contributed by atoms with van der Waals surface area (Å²) in [6, 6.07) is 6.72. The smallest absolute Gasteiger partial charge is 0.0380 e. The van der Waals surface area contributed by atoms with Gasteiger partial charge in [-0.15, -0.1) is 0 Å². The van der Waals surface area contributed by atoms with Crippen LogP contribution in [0.2, 0.25) is 0 Å². The molecule has 0 spiro atoms. The maximum absolute atomic E-state index is 5.76. The Morgan fingerprint density at radius 3 is 2.88 bits per heavy atom. The molecule has 1 aliphatic carbocycles. The number of hydrogen-bond acceptors (Lipinski definition) is 3. The number of hydrogen-bond donors (Lipinski definition) is 2. The number of aryl methyl sites for hydroxylation is 1. The summed E-state index contributed by atoms with van der Waals surface area (Å²) in [4.78, 5) is 0. The van der Waals surface area contributed by atoms with E-state index in [0.717, 1.165) is 10.9 Å². The van der Waals surface area contributed by atoms with E-state index < -0.39 is 0 Å². The molecule has 0 radical (unpaired) electrons. The third-order valence-corrected chi connectivity index (χ3v) is 4.52. The Morgan fingerprint density at radius 1 is 1.38 bits per heavy atom. The van der Waals surface area contributed by atoms with Gasteiger partial charge in [0, 0.05) is 22.7 Å². The topological polar surface area (TPSA) is 38.0 Å². The molecule has 0 aromatic heterocycles. The summed E-state index contributed by atoms with van der Waals surface area (Å²) in [7, 11) is 0. The minimum absolute atomic E-state index is 0.623. The number of benzene rings is 1. The van der Waals surface area contributed by atoms with E-state index in [0.29, 0.717) is 6.04 Å². The predicted octanol–water partition coefficient (Wildman–Crippen LogP) is 3.27. The average Bonchev–Trinajstić information content (AvgIpc) is 2.69. The summed E-state index contributed by atoms with van der Waals surface area (Å²) in [5, 5.41) is 4.42. The zero-order valence-corrected chi connectivity index (χ0v) is 10.8. The van der Waals surface area contributed by atoms with Crippen LogP contribution in [0.25, 0.3) is 0 Å². The van der Waals surface area contributed by atoms with Gasteiger partial charge in [-0.1, -0.05) is 6.42 Å². The summed E-state index contributed by atoms with van der Waals surface area (Å²) >= 11 is 1.98. The minimum atomic E-state index is 0.623. The van der Waals surface area contributed by atoms with Crippen LogP contribution in [-0.4, -0.2) is 17.5 Å². The van der Waals surface area contributed by atoms with Crippen molar-refractivity contribution in [2.45, 2.75) is 37.5 Å². The van der Waals surface area contributed by atoms with E-state index in [9.17, 15) is 0 Å². The molecule has 2 atom stereocenters. The SMILES string of the molecule is CSC1CCCC1Nc1ccc(N)cc1C. The van der Waals surface area contributed by atoms with Crippen molar-refractivity contribution in [2.75, 3.05) is 17.3 Å². The van der Waals surface area contributed by atoms with Gasteiger partial charge in [-0.25, -0.2) is 0 Å². The van der Waals surface area contributed by atoms with Crippen LogP contribution in [0, 0.1) is 6.92 Å². The van der Waals surface area contributed by atoms with Crippen LogP contribution in [-0.2, 0) is 0 Å². The second-order valence-corrected chi connectivity index (χ2v) is 5.61. The molecule has 1 aromatic carbocycles. The van der Waals surface area contributed by atoms with E-state index in [1.165, 1.54) is 30.5 Å². The van der Waals surface area contributed by atoms with Gasteiger partial charge in [-0.2, -0.15) is 11.8 Å². The van der Waals surface area contributed by atoms with E-state index in [4.69, 9.17) is 5.73 Å². The molecule has 1 fully saturated rings. The second-order valence-electron chi connectivity index (χ2n) is 4.53. The van der Waals surface area contributed by atoms with Crippen molar-refractivity contribution in [1.82, 2.24) is 0 Å². The molecule has 2 nitrogen and oxygen atoms in total. The molecule has 0 amide bonds. The van der Waals surface area contributed by atoms with Gasteiger partial charge in [0.2, 0.25) is 0 Å². The Bertz CT molecular complexity index is 365. The van der Waals surface area contributed by atoms with Gasteiger partial charge in [-0.05, 0) is 49.8 Å². The molecule has 2 rings (SSSR count). The van der Waals surface area contributed by atoms with Crippen molar-refractivity contribution >= 4 is 23.1 Å². The van der Waals surface area contributed by atoms with Crippen molar-refractivity contribution in [1.29, 1.82) is 0 Å². The number of thioether (sulfide) groups is 1. The van der Waals surface area contributed by atoms with Crippen LogP contribution in [0.1, 0.15) is 24.8 Å². The van der Waals surface area contributed by atoms with Gasteiger partial charge in [-0.3, -0.25) is 0 Å². The third kappa shape index (κ3) is 2.46. The van der Waals surface area contributed by atoms with Gasteiger partial charge >= 0.3 is 0 Å². The fourth-order valence-corrected chi connectivity index (χ4v) is 3.36. The fourth-order valence-electron chi connectivity index (χ4n) is 2.42. The molecule has 2 unspecified atom stereocenters. The molecule has 3 heteroatoms. The van der Waals surface area contributed by atoms with Gasteiger partial charge in [0.1, 0.15) is 0 Å². The standard InChI is InChI=1S/C13H20N2S/c1-9-8-10(14)6-7-11(9)15-12-4-3-5-13(12)16-2/h6-8,12-13,15H,3-5,14H2,1-2H3. The Labute approximate surface area is 102 Å². The van der Waals surface area contributed by atoms with Crippen LogP contribution < -0.4 is 11.1 Å². The van der Waals surface area contributed by atoms with Crippen LogP contribution in [0.4, 0.5) is 11.4 Å². The number of nitrogens with two attached hydrogens (primary N) is 1. The molecule has 0 heterocycles. The maximum Gasteiger partial charge on any atom is 0.0380 e. The quantitative estimate of drug-likeness (QED) is 0.791. The van der Waals surface area contributed by atoms with E-state index in [1.54, 1.807) is 0 Å². The number of rotatable bonds is 3. The van der Waals surface area contributed by atoms with Gasteiger partial charge in [0.25, 0.3) is 0 Å². The third-order valence-electron chi connectivity index (χ3n) is 3.35. The Balaban J connectivity index is 2.08. The monoisotopic (exact) mass is 236 g/mol. The zero-order chi connectivity index (χ0) is 11.5. The molecular weight excluding hydrogens is 216 g/mol.